The number of nitrogens with two attached hydrogens (primary N) is 1. The van der Waals surface area contributed by atoms with Gasteiger partial charge >= 0.3 is 0 Å². The van der Waals surface area contributed by atoms with Crippen molar-refractivity contribution in [1.82, 2.24) is 4.98 Å². The molecule has 1 heterocycles. The number of carbonyl (C=O) groups is 1. The molecule has 0 unspecified atom stereocenters. The lowest BCUT2D eigenvalue weighted by Crippen LogP contribution is -2.13. The first-order valence-electron chi connectivity index (χ1n) is 5.07. The molecule has 0 atom stereocenters. The van der Waals surface area contributed by atoms with E-state index in [1.807, 2.05) is 0 Å². The number of amides is 1. The van der Waals surface area contributed by atoms with E-state index in [1.165, 1.54) is 18.3 Å². The van der Waals surface area contributed by atoms with Gasteiger partial charge in [0.15, 0.2) is 0 Å². The highest BCUT2D eigenvalue weighted by Crippen LogP contribution is 2.23. The molecular formula is C12H10BrN3O2. The number of hydrogen-bond donors (Lipinski definition) is 3. The van der Waals surface area contributed by atoms with Gasteiger partial charge in [-0.1, -0.05) is 15.9 Å². The minimum atomic E-state index is -0.433. The van der Waals surface area contributed by atoms with Gasteiger partial charge < -0.3 is 16.2 Å². The second-order valence-corrected chi connectivity index (χ2v) is 4.51. The Morgan fingerprint density at radius 3 is 2.72 bits per heavy atom. The maximum Gasteiger partial charge on any atom is 0.260 e. The fourth-order valence-corrected chi connectivity index (χ4v) is 1.71. The third-order valence-corrected chi connectivity index (χ3v) is 2.73. The predicted octanol–water partition coefficient (Wildman–Crippen LogP) is 2.38. The lowest BCUT2D eigenvalue weighted by Gasteiger charge is -2.06. The van der Waals surface area contributed by atoms with Crippen molar-refractivity contribution in [2.45, 2.75) is 0 Å². The summed E-state index contributed by atoms with van der Waals surface area (Å²) in [4.78, 5) is 15.8. The Bertz CT molecular complexity index is 584. The highest BCUT2D eigenvalue weighted by Gasteiger charge is 2.11. The van der Waals surface area contributed by atoms with Crippen LogP contribution in [0.3, 0.4) is 0 Å². The van der Waals surface area contributed by atoms with Crippen LogP contribution in [0.4, 0.5) is 11.5 Å². The topological polar surface area (TPSA) is 88.2 Å². The number of nitrogen functional groups attached to an aromatic ring is 1. The van der Waals surface area contributed by atoms with Crippen molar-refractivity contribution in [1.29, 1.82) is 0 Å². The number of nitrogens with zero attached hydrogens (tertiary/aromatic N) is 1. The number of phenols is 1. The minimum Gasteiger partial charge on any atom is -0.507 e. The van der Waals surface area contributed by atoms with Gasteiger partial charge in [-0.3, -0.25) is 4.79 Å². The summed E-state index contributed by atoms with van der Waals surface area (Å²) in [6.07, 6.45) is 1.44. The average Bonchev–Trinajstić information content (AvgIpc) is 2.32. The van der Waals surface area contributed by atoms with Gasteiger partial charge in [0.05, 0.1) is 17.4 Å². The van der Waals surface area contributed by atoms with Crippen LogP contribution in [0.1, 0.15) is 10.4 Å². The van der Waals surface area contributed by atoms with E-state index < -0.39 is 5.91 Å². The predicted molar refractivity (Wildman–Crippen MR) is 72.4 cm³/mol. The molecule has 0 radical (unpaired) electrons. The van der Waals surface area contributed by atoms with Crippen LogP contribution in [-0.4, -0.2) is 16.0 Å². The molecule has 92 valence electrons. The van der Waals surface area contributed by atoms with Gasteiger partial charge in [-0.25, -0.2) is 4.98 Å². The van der Waals surface area contributed by atoms with Gasteiger partial charge in [-0.2, -0.15) is 0 Å². The van der Waals surface area contributed by atoms with E-state index in [4.69, 9.17) is 5.73 Å². The van der Waals surface area contributed by atoms with Gasteiger partial charge in [0.1, 0.15) is 11.6 Å². The van der Waals surface area contributed by atoms with Crippen LogP contribution in [0.25, 0.3) is 0 Å². The number of rotatable bonds is 2. The minimum absolute atomic E-state index is 0.0997. The van der Waals surface area contributed by atoms with E-state index in [9.17, 15) is 9.90 Å². The molecule has 0 aliphatic heterocycles. The van der Waals surface area contributed by atoms with E-state index in [2.05, 4.69) is 26.2 Å². The number of nitrogens with one attached hydrogen (secondary N) is 1. The molecule has 1 aromatic carbocycles. The first-order valence-corrected chi connectivity index (χ1v) is 5.87. The molecule has 0 fully saturated rings. The number of phenolic OH excluding ortho intramolecular Hbond substituents is 1. The number of aromatic hydroxyl groups is 1. The monoisotopic (exact) mass is 307 g/mol. The maximum absolute atomic E-state index is 11.9. The summed E-state index contributed by atoms with van der Waals surface area (Å²) in [7, 11) is 0. The molecule has 2 aromatic rings. The molecule has 0 spiro atoms. The molecule has 0 aliphatic carbocycles. The molecule has 0 aliphatic rings. The molecule has 1 amide bonds. The van der Waals surface area contributed by atoms with Crippen molar-refractivity contribution >= 4 is 33.3 Å². The lowest BCUT2D eigenvalue weighted by molar-refractivity contribution is 0.102. The summed E-state index contributed by atoms with van der Waals surface area (Å²) in [5.41, 5.74) is 6.18. The van der Waals surface area contributed by atoms with Gasteiger partial charge in [-0.05, 0) is 30.3 Å². The molecule has 0 saturated heterocycles. The first kappa shape index (κ1) is 12.4. The van der Waals surface area contributed by atoms with Gasteiger partial charge in [-0.15, -0.1) is 0 Å². The molecule has 0 bridgehead atoms. The Morgan fingerprint density at radius 2 is 2.11 bits per heavy atom. The zero-order valence-electron chi connectivity index (χ0n) is 9.22. The lowest BCUT2D eigenvalue weighted by atomic mass is 10.2. The van der Waals surface area contributed by atoms with Crippen LogP contribution in [0.2, 0.25) is 0 Å². The van der Waals surface area contributed by atoms with E-state index in [0.29, 0.717) is 16.0 Å². The molecule has 1 aromatic heterocycles. The van der Waals surface area contributed by atoms with Crippen molar-refractivity contribution in [2.75, 3.05) is 11.1 Å². The number of hydrogen-bond acceptors (Lipinski definition) is 4. The van der Waals surface area contributed by atoms with Gasteiger partial charge in [0, 0.05) is 4.47 Å². The highest BCUT2D eigenvalue weighted by atomic mass is 79.9. The summed E-state index contributed by atoms with van der Waals surface area (Å²) in [5, 5.41) is 12.2. The molecule has 0 saturated carbocycles. The second kappa shape index (κ2) is 5.05. The number of halogens is 1. The smallest absolute Gasteiger partial charge is 0.260 e. The zero-order chi connectivity index (χ0) is 13.1. The summed E-state index contributed by atoms with van der Waals surface area (Å²) in [5.74, 6) is -0.161. The molecule has 4 N–H and O–H groups in total. The summed E-state index contributed by atoms with van der Waals surface area (Å²) >= 11 is 3.20. The van der Waals surface area contributed by atoms with Crippen LogP contribution in [0.15, 0.2) is 41.0 Å². The van der Waals surface area contributed by atoms with Crippen molar-refractivity contribution in [3.8, 4) is 5.75 Å². The summed E-state index contributed by atoms with van der Waals surface area (Å²) < 4.78 is 0.696. The Morgan fingerprint density at radius 1 is 1.33 bits per heavy atom. The highest BCUT2D eigenvalue weighted by molar-refractivity contribution is 9.10. The number of pyridine rings is 1. The number of aromatic nitrogens is 1. The van der Waals surface area contributed by atoms with Crippen LogP contribution in [0, 0.1) is 0 Å². The number of benzene rings is 1. The molecular weight excluding hydrogens is 298 g/mol. The normalized spacial score (nSPS) is 10.1. The zero-order valence-corrected chi connectivity index (χ0v) is 10.8. The van der Waals surface area contributed by atoms with Crippen molar-refractivity contribution in [2.24, 2.45) is 0 Å². The third kappa shape index (κ3) is 2.78. The van der Waals surface area contributed by atoms with Crippen molar-refractivity contribution in [3.05, 3.63) is 46.6 Å². The average molecular weight is 308 g/mol. The number of carbonyl (C=O) groups excluding carboxylic acids is 1. The van der Waals surface area contributed by atoms with E-state index in [1.54, 1.807) is 18.2 Å². The van der Waals surface area contributed by atoms with Gasteiger partial charge in [0.25, 0.3) is 5.91 Å². The molecule has 6 heteroatoms. The van der Waals surface area contributed by atoms with Crippen LogP contribution < -0.4 is 11.1 Å². The molecule has 5 nitrogen and oxygen atoms in total. The van der Waals surface area contributed by atoms with Crippen LogP contribution in [-0.2, 0) is 0 Å². The van der Waals surface area contributed by atoms with Crippen LogP contribution >= 0.6 is 15.9 Å². The Kier molecular flexibility index (Phi) is 3.47. The van der Waals surface area contributed by atoms with Gasteiger partial charge in [0.2, 0.25) is 0 Å². The largest absolute Gasteiger partial charge is 0.507 e. The van der Waals surface area contributed by atoms with E-state index >= 15 is 0 Å². The Hall–Kier alpha value is -2.08. The fraction of sp³-hybridized carbons (Fsp3) is 0. The Labute approximate surface area is 112 Å². The van der Waals surface area contributed by atoms with E-state index in [0.717, 1.165) is 0 Å². The summed E-state index contributed by atoms with van der Waals surface area (Å²) in [6.45, 7) is 0. The maximum atomic E-state index is 11.9. The fourth-order valence-electron chi connectivity index (χ4n) is 1.36. The van der Waals surface area contributed by atoms with Crippen molar-refractivity contribution < 1.29 is 9.90 Å². The second-order valence-electron chi connectivity index (χ2n) is 3.59. The van der Waals surface area contributed by atoms with Crippen LogP contribution in [0.5, 0.6) is 5.75 Å². The van der Waals surface area contributed by atoms with Crippen molar-refractivity contribution in [3.63, 3.8) is 0 Å². The quantitative estimate of drug-likeness (QED) is 0.795. The van der Waals surface area contributed by atoms with E-state index in [-0.39, 0.29) is 11.3 Å². The SMILES string of the molecule is Nc1ccc(NC(=O)c2ccc(Br)cc2O)nc1. The molecule has 18 heavy (non-hydrogen) atoms. The standard InChI is InChI=1S/C12H10BrN3O2/c13-7-1-3-9(10(17)5-7)12(18)16-11-4-2-8(14)6-15-11/h1-6,17H,14H2,(H,15,16,18). The first-order chi connectivity index (χ1) is 8.56. The summed E-state index contributed by atoms with van der Waals surface area (Å²) in [6, 6.07) is 7.86. The molecule has 2 rings (SSSR count). The third-order valence-electron chi connectivity index (χ3n) is 2.23. The Balaban J connectivity index is 2.19. The number of anilines is 2.